The molecule has 0 atom stereocenters. The molecule has 1 aromatic carbocycles. The minimum atomic E-state index is 0.444. The van der Waals surface area contributed by atoms with Gasteiger partial charge in [0.15, 0.2) is 5.82 Å². The maximum atomic E-state index is 5.33. The summed E-state index contributed by atoms with van der Waals surface area (Å²) >= 11 is 2.82. The van der Waals surface area contributed by atoms with Gasteiger partial charge >= 0.3 is 5.19 Å². The molecular formula is C14H11N3OS2. The van der Waals surface area contributed by atoms with Gasteiger partial charge in [0.05, 0.1) is 10.6 Å². The van der Waals surface area contributed by atoms with Gasteiger partial charge in [-0.25, -0.2) is 0 Å². The standard InChI is InChI=1S/C14H11N3OS2/c1-10(12-8-5-9-19-12)16-18-14-15-13(17-20-14)11-6-3-2-4-7-11/h2-9H,1H3. The van der Waals surface area contributed by atoms with E-state index in [1.165, 1.54) is 11.5 Å². The van der Waals surface area contributed by atoms with Crippen LogP contribution in [0.3, 0.4) is 0 Å². The molecule has 2 aromatic heterocycles. The third-order valence-corrected chi connectivity index (χ3v) is 4.14. The van der Waals surface area contributed by atoms with Crippen LogP contribution in [0.25, 0.3) is 11.4 Å². The summed E-state index contributed by atoms with van der Waals surface area (Å²) in [6.45, 7) is 1.91. The maximum absolute atomic E-state index is 5.33. The SMILES string of the molecule is CC(=NOc1nc(-c2ccccc2)ns1)c1cccs1. The quantitative estimate of drug-likeness (QED) is 0.539. The van der Waals surface area contributed by atoms with Crippen molar-refractivity contribution in [3.05, 3.63) is 52.7 Å². The van der Waals surface area contributed by atoms with Crippen LogP contribution in [-0.4, -0.2) is 15.1 Å². The molecule has 0 amide bonds. The molecule has 0 aliphatic rings. The molecular weight excluding hydrogens is 290 g/mol. The fraction of sp³-hybridized carbons (Fsp3) is 0.0714. The van der Waals surface area contributed by atoms with E-state index in [1.54, 1.807) is 11.3 Å². The number of thiophene rings is 1. The Bertz CT molecular complexity index is 705. The second-order valence-electron chi connectivity index (χ2n) is 4.00. The van der Waals surface area contributed by atoms with E-state index >= 15 is 0 Å². The van der Waals surface area contributed by atoms with Crippen LogP contribution in [-0.2, 0) is 0 Å². The second kappa shape index (κ2) is 5.94. The Morgan fingerprint density at radius 1 is 1.15 bits per heavy atom. The number of rotatable bonds is 4. The predicted molar refractivity (Wildman–Crippen MR) is 82.5 cm³/mol. The molecule has 0 bridgehead atoms. The van der Waals surface area contributed by atoms with Gasteiger partial charge < -0.3 is 4.84 Å². The third kappa shape index (κ3) is 2.92. The van der Waals surface area contributed by atoms with Crippen LogP contribution in [0.2, 0.25) is 0 Å². The maximum Gasteiger partial charge on any atom is 0.325 e. The van der Waals surface area contributed by atoms with Gasteiger partial charge in [-0.1, -0.05) is 41.6 Å². The Morgan fingerprint density at radius 2 is 2.00 bits per heavy atom. The van der Waals surface area contributed by atoms with E-state index in [1.807, 2.05) is 54.8 Å². The van der Waals surface area contributed by atoms with E-state index in [0.29, 0.717) is 11.0 Å². The summed E-state index contributed by atoms with van der Waals surface area (Å²) in [7, 11) is 0. The Kier molecular flexibility index (Phi) is 3.85. The summed E-state index contributed by atoms with van der Waals surface area (Å²) in [5.74, 6) is 0.662. The van der Waals surface area contributed by atoms with Crippen LogP contribution in [0.4, 0.5) is 0 Å². The van der Waals surface area contributed by atoms with Gasteiger partial charge in [0, 0.05) is 17.1 Å². The molecule has 4 nitrogen and oxygen atoms in total. The zero-order valence-electron chi connectivity index (χ0n) is 10.7. The molecule has 100 valence electrons. The van der Waals surface area contributed by atoms with Crippen molar-refractivity contribution in [2.24, 2.45) is 5.16 Å². The molecule has 0 saturated carbocycles. The average Bonchev–Trinajstić information content (AvgIpc) is 3.17. The van der Waals surface area contributed by atoms with Gasteiger partial charge in [-0.05, 0) is 18.4 Å². The van der Waals surface area contributed by atoms with Crippen molar-refractivity contribution in [1.82, 2.24) is 9.36 Å². The summed E-state index contributed by atoms with van der Waals surface area (Å²) in [6, 6.07) is 13.8. The first-order chi connectivity index (χ1) is 9.83. The van der Waals surface area contributed by atoms with E-state index in [0.717, 1.165) is 16.2 Å². The molecule has 0 radical (unpaired) electrons. The van der Waals surface area contributed by atoms with Gasteiger partial charge in [0.2, 0.25) is 0 Å². The van der Waals surface area contributed by atoms with Crippen molar-refractivity contribution in [1.29, 1.82) is 0 Å². The van der Waals surface area contributed by atoms with Gasteiger partial charge in [0.25, 0.3) is 0 Å². The smallest absolute Gasteiger partial charge is 0.323 e. The average molecular weight is 301 g/mol. The molecule has 20 heavy (non-hydrogen) atoms. The number of oxime groups is 1. The molecule has 0 unspecified atom stereocenters. The molecule has 0 N–H and O–H groups in total. The molecule has 0 saturated heterocycles. The number of hydrogen-bond acceptors (Lipinski definition) is 6. The minimum Gasteiger partial charge on any atom is -0.323 e. The van der Waals surface area contributed by atoms with Crippen LogP contribution in [0.5, 0.6) is 5.19 Å². The molecule has 0 fully saturated rings. The van der Waals surface area contributed by atoms with Crippen LogP contribution in [0, 0.1) is 0 Å². The van der Waals surface area contributed by atoms with Gasteiger partial charge in [-0.15, -0.1) is 11.3 Å². The normalized spacial score (nSPS) is 11.6. The molecule has 0 spiro atoms. The van der Waals surface area contributed by atoms with Crippen molar-refractivity contribution < 1.29 is 4.84 Å². The van der Waals surface area contributed by atoms with E-state index in [9.17, 15) is 0 Å². The summed E-state index contributed by atoms with van der Waals surface area (Å²) in [4.78, 5) is 10.7. The van der Waals surface area contributed by atoms with E-state index in [2.05, 4.69) is 14.5 Å². The molecule has 0 aliphatic heterocycles. The van der Waals surface area contributed by atoms with Gasteiger partial charge in [-0.3, -0.25) is 0 Å². The first-order valence-electron chi connectivity index (χ1n) is 5.97. The lowest BCUT2D eigenvalue weighted by atomic mass is 10.2. The first kappa shape index (κ1) is 13.0. The van der Waals surface area contributed by atoms with E-state index in [4.69, 9.17) is 4.84 Å². The van der Waals surface area contributed by atoms with Crippen LogP contribution in [0.1, 0.15) is 11.8 Å². The Labute approximate surface area is 124 Å². The van der Waals surface area contributed by atoms with Crippen LogP contribution < -0.4 is 4.84 Å². The molecule has 2 heterocycles. The first-order valence-corrected chi connectivity index (χ1v) is 7.63. The highest BCUT2D eigenvalue weighted by molar-refractivity contribution is 7.12. The Balaban J connectivity index is 1.74. The van der Waals surface area contributed by atoms with Crippen molar-refractivity contribution in [2.45, 2.75) is 6.92 Å². The highest BCUT2D eigenvalue weighted by atomic mass is 32.1. The summed E-state index contributed by atoms with van der Waals surface area (Å²) in [6.07, 6.45) is 0. The fourth-order valence-corrected chi connectivity index (χ4v) is 2.77. The third-order valence-electron chi connectivity index (χ3n) is 2.58. The van der Waals surface area contributed by atoms with Crippen molar-refractivity contribution in [3.8, 4) is 16.6 Å². The monoisotopic (exact) mass is 301 g/mol. The van der Waals surface area contributed by atoms with Crippen molar-refractivity contribution >= 4 is 28.6 Å². The predicted octanol–water partition coefficient (Wildman–Crippen LogP) is 4.07. The number of aromatic nitrogens is 2. The van der Waals surface area contributed by atoms with E-state index < -0.39 is 0 Å². The highest BCUT2D eigenvalue weighted by Crippen LogP contribution is 2.22. The Morgan fingerprint density at radius 3 is 2.75 bits per heavy atom. The topological polar surface area (TPSA) is 47.4 Å². The lowest BCUT2D eigenvalue weighted by Gasteiger charge is -1.95. The zero-order valence-corrected chi connectivity index (χ0v) is 12.3. The molecule has 3 aromatic rings. The van der Waals surface area contributed by atoms with E-state index in [-0.39, 0.29) is 0 Å². The lowest BCUT2D eigenvalue weighted by Crippen LogP contribution is -1.94. The number of hydrogen-bond donors (Lipinski definition) is 0. The van der Waals surface area contributed by atoms with Gasteiger partial charge in [-0.2, -0.15) is 9.36 Å². The van der Waals surface area contributed by atoms with Crippen molar-refractivity contribution in [3.63, 3.8) is 0 Å². The largest absolute Gasteiger partial charge is 0.325 e. The summed E-state index contributed by atoms with van der Waals surface area (Å²) < 4.78 is 4.27. The number of nitrogens with zero attached hydrogens (tertiary/aromatic N) is 3. The second-order valence-corrected chi connectivity index (χ2v) is 5.66. The van der Waals surface area contributed by atoms with Crippen molar-refractivity contribution in [2.75, 3.05) is 0 Å². The molecule has 3 rings (SSSR count). The highest BCUT2D eigenvalue weighted by Gasteiger charge is 2.07. The zero-order chi connectivity index (χ0) is 13.8. The fourth-order valence-electron chi connectivity index (χ4n) is 1.59. The number of benzene rings is 1. The summed E-state index contributed by atoms with van der Waals surface area (Å²) in [5.41, 5.74) is 1.80. The summed E-state index contributed by atoms with van der Waals surface area (Å²) in [5, 5.41) is 6.53. The Hall–Kier alpha value is -2.05. The minimum absolute atomic E-state index is 0.444. The van der Waals surface area contributed by atoms with Gasteiger partial charge in [0.1, 0.15) is 0 Å². The molecule has 0 aliphatic carbocycles. The molecule has 6 heteroatoms. The van der Waals surface area contributed by atoms with Crippen LogP contribution in [0.15, 0.2) is 53.0 Å². The van der Waals surface area contributed by atoms with Crippen LogP contribution >= 0.6 is 22.9 Å². The lowest BCUT2D eigenvalue weighted by molar-refractivity contribution is 0.339.